The zero-order chi connectivity index (χ0) is 26.4. The van der Waals surface area contributed by atoms with Gasteiger partial charge in [0.2, 0.25) is 6.10 Å². The Morgan fingerprint density at radius 3 is 1.70 bits per heavy atom. The van der Waals surface area contributed by atoms with Crippen LogP contribution in [-0.4, -0.2) is 11.9 Å². The number of benzene rings is 4. The van der Waals surface area contributed by atoms with E-state index in [0.717, 1.165) is 12.1 Å². The van der Waals surface area contributed by atoms with Gasteiger partial charge in [-0.1, -0.05) is 103 Å². The molecule has 1 atom stereocenters. The van der Waals surface area contributed by atoms with Crippen LogP contribution in [0.3, 0.4) is 0 Å². The second-order valence-electron chi connectivity index (χ2n) is 8.16. The highest BCUT2D eigenvalue weighted by Gasteiger charge is 2.36. The highest BCUT2D eigenvalue weighted by molar-refractivity contribution is 6.30. The number of halogens is 4. The van der Waals surface area contributed by atoms with Crippen LogP contribution in [0.2, 0.25) is 5.02 Å². The van der Waals surface area contributed by atoms with E-state index in [-0.39, 0.29) is 5.02 Å². The molecule has 4 aromatic carbocycles. The molecule has 37 heavy (non-hydrogen) atoms. The zero-order valence-electron chi connectivity index (χ0n) is 19.3. The third-order valence-electron chi connectivity index (χ3n) is 5.62. The first-order chi connectivity index (χ1) is 17.7. The standard InChI is InChI=1S/C29H21ClF3NO3/c30-22-16-17-24(23(18-22)29(31,32)33)34-27(35)26(21-14-8-3-9-15-21)37-28(36)25(19-10-4-1-5-11-19)20-12-6-2-7-13-20/h1-18,25-26H,(H,34,35)/t26-/m1/s1. The second kappa shape index (κ2) is 11.3. The molecule has 0 heterocycles. The summed E-state index contributed by atoms with van der Waals surface area (Å²) in [5.41, 5.74) is -0.0267. The molecule has 0 aliphatic carbocycles. The second-order valence-corrected chi connectivity index (χ2v) is 8.60. The van der Waals surface area contributed by atoms with Gasteiger partial charge in [0.05, 0.1) is 11.3 Å². The molecule has 0 fully saturated rings. The zero-order valence-corrected chi connectivity index (χ0v) is 20.0. The van der Waals surface area contributed by atoms with E-state index in [1.807, 2.05) is 12.1 Å². The number of hydrogen-bond donors (Lipinski definition) is 1. The molecule has 0 unspecified atom stereocenters. The fraction of sp³-hybridized carbons (Fsp3) is 0.103. The average molecular weight is 524 g/mol. The number of hydrogen-bond acceptors (Lipinski definition) is 3. The van der Waals surface area contributed by atoms with E-state index in [1.54, 1.807) is 78.9 Å². The fourth-order valence-electron chi connectivity index (χ4n) is 3.90. The molecule has 1 amide bonds. The predicted octanol–water partition coefficient (Wildman–Crippen LogP) is 7.41. The van der Waals surface area contributed by atoms with Crippen LogP contribution in [0.5, 0.6) is 0 Å². The molecule has 0 radical (unpaired) electrons. The summed E-state index contributed by atoms with van der Waals surface area (Å²) in [4.78, 5) is 26.9. The Hall–Kier alpha value is -4.10. The van der Waals surface area contributed by atoms with Gasteiger partial charge in [-0.2, -0.15) is 13.2 Å². The summed E-state index contributed by atoms with van der Waals surface area (Å²) >= 11 is 5.76. The van der Waals surface area contributed by atoms with Gasteiger partial charge < -0.3 is 10.1 Å². The summed E-state index contributed by atoms with van der Waals surface area (Å²) in [6.45, 7) is 0. The fourth-order valence-corrected chi connectivity index (χ4v) is 4.07. The molecule has 0 bridgehead atoms. The van der Waals surface area contributed by atoms with E-state index >= 15 is 0 Å². The topological polar surface area (TPSA) is 55.4 Å². The minimum atomic E-state index is -4.77. The molecule has 4 aromatic rings. The summed E-state index contributed by atoms with van der Waals surface area (Å²) in [5.74, 6) is -2.52. The van der Waals surface area contributed by atoms with Crippen molar-refractivity contribution in [3.8, 4) is 0 Å². The van der Waals surface area contributed by atoms with E-state index in [1.165, 1.54) is 6.07 Å². The van der Waals surface area contributed by atoms with Gasteiger partial charge in [-0.3, -0.25) is 9.59 Å². The average Bonchev–Trinajstić information content (AvgIpc) is 2.89. The molecular weight excluding hydrogens is 503 g/mol. The first-order valence-corrected chi connectivity index (χ1v) is 11.6. The van der Waals surface area contributed by atoms with Crippen molar-refractivity contribution in [3.63, 3.8) is 0 Å². The summed E-state index contributed by atoms with van der Waals surface area (Å²) in [5, 5.41) is 2.14. The number of carbonyl (C=O) groups excluding carboxylic acids is 2. The van der Waals surface area contributed by atoms with Crippen molar-refractivity contribution in [1.82, 2.24) is 0 Å². The van der Waals surface area contributed by atoms with E-state index in [0.29, 0.717) is 16.7 Å². The van der Waals surface area contributed by atoms with Gasteiger partial charge in [-0.15, -0.1) is 0 Å². The maximum Gasteiger partial charge on any atom is 0.418 e. The van der Waals surface area contributed by atoms with Gasteiger partial charge >= 0.3 is 12.1 Å². The van der Waals surface area contributed by atoms with Crippen molar-refractivity contribution in [3.05, 3.63) is 136 Å². The molecular formula is C29H21ClF3NO3. The van der Waals surface area contributed by atoms with Gasteiger partial charge in [0.15, 0.2) is 0 Å². The van der Waals surface area contributed by atoms with Crippen LogP contribution in [0.15, 0.2) is 109 Å². The molecule has 0 spiro atoms. The summed E-state index contributed by atoms with van der Waals surface area (Å²) in [6.07, 6.45) is -6.28. The molecule has 0 saturated carbocycles. The minimum absolute atomic E-state index is 0.134. The Morgan fingerprint density at radius 1 is 0.730 bits per heavy atom. The molecule has 188 valence electrons. The van der Waals surface area contributed by atoms with Crippen LogP contribution in [0.1, 0.15) is 34.3 Å². The van der Waals surface area contributed by atoms with Crippen molar-refractivity contribution < 1.29 is 27.5 Å². The SMILES string of the molecule is O=C(O[C@@H](C(=O)Nc1ccc(Cl)cc1C(F)(F)F)c1ccccc1)C(c1ccccc1)c1ccccc1. The monoisotopic (exact) mass is 523 g/mol. The van der Waals surface area contributed by atoms with Gasteiger partial charge in [0.1, 0.15) is 5.92 Å². The molecule has 0 aromatic heterocycles. The normalized spacial score (nSPS) is 12.1. The molecule has 1 N–H and O–H groups in total. The maximum absolute atomic E-state index is 13.6. The minimum Gasteiger partial charge on any atom is -0.447 e. The number of nitrogens with one attached hydrogen (secondary N) is 1. The van der Waals surface area contributed by atoms with Crippen LogP contribution in [-0.2, 0) is 20.5 Å². The lowest BCUT2D eigenvalue weighted by molar-refractivity contribution is -0.155. The van der Waals surface area contributed by atoms with Crippen LogP contribution >= 0.6 is 11.6 Å². The maximum atomic E-state index is 13.6. The number of rotatable bonds is 7. The number of carbonyl (C=O) groups is 2. The van der Waals surface area contributed by atoms with E-state index in [2.05, 4.69) is 5.32 Å². The smallest absolute Gasteiger partial charge is 0.418 e. The summed E-state index contributed by atoms with van der Waals surface area (Å²) in [6, 6.07) is 28.9. The van der Waals surface area contributed by atoms with Gasteiger partial charge in [0.25, 0.3) is 5.91 Å². The number of ether oxygens (including phenoxy) is 1. The Morgan fingerprint density at radius 2 is 1.22 bits per heavy atom. The third kappa shape index (κ3) is 6.37. The molecule has 4 nitrogen and oxygen atoms in total. The van der Waals surface area contributed by atoms with Crippen molar-refractivity contribution in [2.24, 2.45) is 0 Å². The molecule has 4 rings (SSSR count). The Bertz CT molecular complexity index is 1320. The third-order valence-corrected chi connectivity index (χ3v) is 5.86. The van der Waals surface area contributed by atoms with E-state index in [9.17, 15) is 22.8 Å². The van der Waals surface area contributed by atoms with Crippen molar-refractivity contribution in [2.45, 2.75) is 18.2 Å². The van der Waals surface area contributed by atoms with Crippen molar-refractivity contribution >= 4 is 29.2 Å². The lowest BCUT2D eigenvalue weighted by atomic mass is 9.91. The summed E-state index contributed by atoms with van der Waals surface area (Å²) in [7, 11) is 0. The molecule has 8 heteroatoms. The van der Waals surface area contributed by atoms with Gasteiger partial charge in [-0.25, -0.2) is 0 Å². The van der Waals surface area contributed by atoms with Crippen LogP contribution in [0.4, 0.5) is 18.9 Å². The predicted molar refractivity (Wildman–Crippen MR) is 135 cm³/mol. The lowest BCUT2D eigenvalue weighted by Gasteiger charge is -2.23. The largest absolute Gasteiger partial charge is 0.447 e. The quantitative estimate of drug-likeness (QED) is 0.256. The van der Waals surface area contributed by atoms with Crippen LogP contribution in [0.25, 0.3) is 0 Å². The number of amides is 1. The van der Waals surface area contributed by atoms with Crippen molar-refractivity contribution in [1.29, 1.82) is 0 Å². The molecule has 0 aliphatic rings. The highest BCUT2D eigenvalue weighted by atomic mass is 35.5. The Balaban J connectivity index is 1.69. The van der Waals surface area contributed by atoms with Crippen molar-refractivity contribution in [2.75, 3.05) is 5.32 Å². The Kier molecular flexibility index (Phi) is 7.94. The summed E-state index contributed by atoms with van der Waals surface area (Å²) < 4.78 is 46.5. The lowest BCUT2D eigenvalue weighted by Crippen LogP contribution is -2.29. The molecule has 0 saturated heterocycles. The van der Waals surface area contributed by atoms with Gasteiger partial charge in [0, 0.05) is 10.6 Å². The number of esters is 1. The van der Waals surface area contributed by atoms with E-state index in [4.69, 9.17) is 16.3 Å². The molecule has 0 aliphatic heterocycles. The number of alkyl halides is 3. The number of anilines is 1. The van der Waals surface area contributed by atoms with Crippen LogP contribution < -0.4 is 5.32 Å². The van der Waals surface area contributed by atoms with Gasteiger partial charge in [-0.05, 0) is 29.3 Å². The van der Waals surface area contributed by atoms with Crippen LogP contribution in [0, 0.1) is 0 Å². The first-order valence-electron chi connectivity index (χ1n) is 11.3. The highest BCUT2D eigenvalue weighted by Crippen LogP contribution is 2.37. The van der Waals surface area contributed by atoms with E-state index < -0.39 is 41.3 Å². The Labute approximate surface area is 216 Å². The first kappa shape index (κ1) is 26.0.